The smallest absolute Gasteiger partial charge is 0.277 e. The van der Waals surface area contributed by atoms with Gasteiger partial charge in [0.15, 0.2) is 0 Å². The molecule has 180 valence electrons. The lowest BCUT2D eigenvalue weighted by atomic mass is 9.78. The van der Waals surface area contributed by atoms with E-state index in [4.69, 9.17) is 9.15 Å². The van der Waals surface area contributed by atoms with E-state index in [1.807, 2.05) is 0 Å². The molecular formula is C22H30N4O5S2. The highest BCUT2D eigenvalue weighted by molar-refractivity contribution is 7.99. The molecular weight excluding hydrogens is 464 g/mol. The Morgan fingerprint density at radius 1 is 1.21 bits per heavy atom. The third-order valence-corrected chi connectivity index (χ3v) is 9.19. The minimum absolute atomic E-state index is 0.0516. The summed E-state index contributed by atoms with van der Waals surface area (Å²) in [6, 6.07) is 6.66. The number of nitrogens with one attached hydrogen (secondary N) is 1. The zero-order chi connectivity index (χ0) is 23.4. The maximum absolute atomic E-state index is 12.9. The van der Waals surface area contributed by atoms with Gasteiger partial charge in [-0.3, -0.25) is 4.79 Å². The molecule has 1 N–H and O–H groups in total. The van der Waals surface area contributed by atoms with Crippen LogP contribution in [0.5, 0.6) is 0 Å². The Bertz CT molecular complexity index is 1070. The summed E-state index contributed by atoms with van der Waals surface area (Å²) in [5, 5.41) is 11.5. The first-order valence-electron chi connectivity index (χ1n) is 11.3. The van der Waals surface area contributed by atoms with E-state index in [0.29, 0.717) is 43.7 Å². The molecule has 3 atom stereocenters. The van der Waals surface area contributed by atoms with E-state index in [0.717, 1.165) is 12.8 Å². The number of amides is 1. The molecule has 9 nitrogen and oxygen atoms in total. The Balaban J connectivity index is 1.37. The molecule has 1 saturated carbocycles. The van der Waals surface area contributed by atoms with Gasteiger partial charge in [0, 0.05) is 24.7 Å². The van der Waals surface area contributed by atoms with Gasteiger partial charge in [-0.15, -0.1) is 10.2 Å². The highest BCUT2D eigenvalue weighted by Crippen LogP contribution is 2.30. The molecule has 1 aromatic carbocycles. The predicted octanol–water partition coefficient (Wildman–Crippen LogP) is 2.79. The van der Waals surface area contributed by atoms with E-state index in [1.54, 1.807) is 18.2 Å². The highest BCUT2D eigenvalue weighted by atomic mass is 32.2. The summed E-state index contributed by atoms with van der Waals surface area (Å²) in [5.41, 5.74) is 0.512. The van der Waals surface area contributed by atoms with Crippen molar-refractivity contribution in [3.05, 3.63) is 24.3 Å². The van der Waals surface area contributed by atoms with Crippen LogP contribution in [0.4, 0.5) is 0 Å². The van der Waals surface area contributed by atoms with Gasteiger partial charge in [-0.2, -0.15) is 4.31 Å². The van der Waals surface area contributed by atoms with Gasteiger partial charge in [0.2, 0.25) is 21.8 Å². The first-order chi connectivity index (χ1) is 15.8. The molecule has 33 heavy (non-hydrogen) atoms. The van der Waals surface area contributed by atoms with Crippen molar-refractivity contribution in [2.75, 3.05) is 32.1 Å². The predicted molar refractivity (Wildman–Crippen MR) is 124 cm³/mol. The second-order valence-electron chi connectivity index (χ2n) is 8.65. The van der Waals surface area contributed by atoms with Gasteiger partial charge >= 0.3 is 0 Å². The van der Waals surface area contributed by atoms with E-state index in [2.05, 4.69) is 29.4 Å². The first kappa shape index (κ1) is 24.2. The standard InChI is InChI=1S/C22H30N4O5S2/c1-15-5-3-8-19(16(15)2)23-20(27)14-32-22-25-24-21(31-22)17-6-4-7-18(13-17)33(28,29)26-9-11-30-12-10-26/h4,6-7,13,15-16,19H,3,5,8-12,14H2,1-2H3,(H,23,27). The Morgan fingerprint density at radius 2 is 2.00 bits per heavy atom. The number of thioether (sulfide) groups is 1. The van der Waals surface area contributed by atoms with Crippen LogP contribution in [0.25, 0.3) is 11.5 Å². The summed E-state index contributed by atoms with van der Waals surface area (Å²) in [6.07, 6.45) is 3.36. The Hall–Kier alpha value is -1.95. The second kappa shape index (κ2) is 10.5. The summed E-state index contributed by atoms with van der Waals surface area (Å²) in [4.78, 5) is 12.6. The van der Waals surface area contributed by atoms with Gasteiger partial charge in [-0.05, 0) is 36.5 Å². The minimum Gasteiger partial charge on any atom is -0.411 e. The third kappa shape index (κ3) is 5.76. The summed E-state index contributed by atoms with van der Waals surface area (Å²) in [6.45, 7) is 5.85. The summed E-state index contributed by atoms with van der Waals surface area (Å²) in [7, 11) is -3.62. The van der Waals surface area contributed by atoms with Crippen molar-refractivity contribution in [3.63, 3.8) is 0 Å². The molecule has 2 aromatic rings. The fourth-order valence-corrected chi connectivity index (χ4v) is 6.30. The maximum Gasteiger partial charge on any atom is 0.277 e. The number of ether oxygens (including phenoxy) is 1. The fraction of sp³-hybridized carbons (Fsp3) is 0.591. The van der Waals surface area contributed by atoms with Crippen molar-refractivity contribution >= 4 is 27.7 Å². The molecule has 1 aliphatic carbocycles. The molecule has 4 rings (SSSR count). The molecule has 1 aromatic heterocycles. The van der Waals surface area contributed by atoms with Crippen molar-refractivity contribution < 1.29 is 22.4 Å². The average Bonchev–Trinajstić information content (AvgIpc) is 3.31. The number of carbonyl (C=O) groups is 1. The summed E-state index contributed by atoms with van der Waals surface area (Å²) >= 11 is 1.17. The third-order valence-electron chi connectivity index (χ3n) is 6.48. The SMILES string of the molecule is CC1CCCC(NC(=O)CSc2nnc(-c3cccc(S(=O)(=O)N4CCOCC4)c3)o2)C1C. The molecule has 0 spiro atoms. The Labute approximate surface area is 198 Å². The van der Waals surface area contributed by atoms with Crippen LogP contribution >= 0.6 is 11.8 Å². The maximum atomic E-state index is 12.9. The zero-order valence-corrected chi connectivity index (χ0v) is 20.5. The lowest BCUT2D eigenvalue weighted by Crippen LogP contribution is -2.44. The largest absolute Gasteiger partial charge is 0.411 e. The highest BCUT2D eigenvalue weighted by Gasteiger charge is 2.29. The van der Waals surface area contributed by atoms with Crippen LogP contribution in [0.3, 0.4) is 0 Å². The molecule has 11 heteroatoms. The number of sulfonamides is 1. The molecule has 2 fully saturated rings. The fourth-order valence-electron chi connectivity index (χ4n) is 4.27. The molecule has 1 saturated heterocycles. The van der Waals surface area contributed by atoms with Crippen LogP contribution in [0, 0.1) is 11.8 Å². The normalized spacial score (nSPS) is 24.5. The summed E-state index contributed by atoms with van der Waals surface area (Å²) in [5.74, 6) is 1.42. The average molecular weight is 495 g/mol. The van der Waals surface area contributed by atoms with E-state index in [1.165, 1.54) is 28.6 Å². The summed E-state index contributed by atoms with van der Waals surface area (Å²) < 4.78 is 38.2. The number of morpholine rings is 1. The van der Waals surface area contributed by atoms with Crippen molar-refractivity contribution in [2.24, 2.45) is 11.8 Å². The van der Waals surface area contributed by atoms with Crippen molar-refractivity contribution in [1.82, 2.24) is 19.8 Å². The number of nitrogens with zero attached hydrogens (tertiary/aromatic N) is 3. The van der Waals surface area contributed by atoms with Gasteiger partial charge in [0.05, 0.1) is 23.9 Å². The number of hydrogen-bond donors (Lipinski definition) is 1. The topological polar surface area (TPSA) is 115 Å². The molecule has 2 aliphatic rings. The lowest BCUT2D eigenvalue weighted by molar-refractivity contribution is -0.120. The molecule has 0 bridgehead atoms. The minimum atomic E-state index is -3.62. The van der Waals surface area contributed by atoms with Crippen LogP contribution in [0.15, 0.2) is 38.8 Å². The van der Waals surface area contributed by atoms with Crippen LogP contribution in [0.2, 0.25) is 0 Å². The molecule has 0 radical (unpaired) electrons. The molecule has 1 amide bonds. The van der Waals surface area contributed by atoms with Crippen LogP contribution in [-0.4, -0.2) is 66.9 Å². The van der Waals surface area contributed by atoms with Gasteiger partial charge < -0.3 is 14.5 Å². The first-order valence-corrected chi connectivity index (χ1v) is 13.7. The monoisotopic (exact) mass is 494 g/mol. The van der Waals surface area contributed by atoms with Crippen LogP contribution in [-0.2, 0) is 19.6 Å². The van der Waals surface area contributed by atoms with Crippen molar-refractivity contribution in [1.29, 1.82) is 0 Å². The quantitative estimate of drug-likeness (QED) is 0.585. The molecule has 1 aliphatic heterocycles. The van der Waals surface area contributed by atoms with Gasteiger partial charge in [-0.1, -0.05) is 44.5 Å². The number of carbonyl (C=O) groups excluding carboxylic acids is 1. The van der Waals surface area contributed by atoms with E-state index < -0.39 is 10.0 Å². The van der Waals surface area contributed by atoms with E-state index in [9.17, 15) is 13.2 Å². The van der Waals surface area contributed by atoms with E-state index in [-0.39, 0.29) is 33.7 Å². The lowest BCUT2D eigenvalue weighted by Gasteiger charge is -2.34. The zero-order valence-electron chi connectivity index (χ0n) is 18.9. The van der Waals surface area contributed by atoms with E-state index >= 15 is 0 Å². The number of rotatable bonds is 7. The molecule has 3 unspecified atom stereocenters. The van der Waals surface area contributed by atoms with Gasteiger partial charge in [0.25, 0.3) is 5.22 Å². The second-order valence-corrected chi connectivity index (χ2v) is 11.5. The number of aromatic nitrogens is 2. The Morgan fingerprint density at radius 3 is 2.79 bits per heavy atom. The molecule has 2 heterocycles. The number of hydrogen-bond acceptors (Lipinski definition) is 8. The number of benzene rings is 1. The van der Waals surface area contributed by atoms with Gasteiger partial charge in [0.1, 0.15) is 0 Å². The van der Waals surface area contributed by atoms with Gasteiger partial charge in [-0.25, -0.2) is 8.42 Å². The Kier molecular flexibility index (Phi) is 7.72. The van der Waals surface area contributed by atoms with Crippen molar-refractivity contribution in [3.8, 4) is 11.5 Å². The van der Waals surface area contributed by atoms with Crippen LogP contribution in [0.1, 0.15) is 33.1 Å². The van der Waals surface area contributed by atoms with Crippen LogP contribution < -0.4 is 5.32 Å². The van der Waals surface area contributed by atoms with Crippen molar-refractivity contribution in [2.45, 2.75) is 49.3 Å².